The summed E-state index contributed by atoms with van der Waals surface area (Å²) in [5.74, 6) is 1.00. The number of thiophene rings is 1. The molecular formula is C14H15N5O2S2. The first-order valence-electron chi connectivity index (χ1n) is 7.05. The van der Waals surface area contributed by atoms with Crippen LogP contribution in [-0.4, -0.2) is 30.5 Å². The Morgan fingerprint density at radius 3 is 2.96 bits per heavy atom. The van der Waals surface area contributed by atoms with Crippen LogP contribution < -0.4 is 5.56 Å². The van der Waals surface area contributed by atoms with Crippen LogP contribution in [0.15, 0.2) is 16.3 Å². The Kier molecular flexibility index (Phi) is 4.31. The van der Waals surface area contributed by atoms with Gasteiger partial charge in [0, 0.05) is 6.54 Å². The van der Waals surface area contributed by atoms with Crippen molar-refractivity contribution in [2.24, 2.45) is 0 Å². The van der Waals surface area contributed by atoms with Crippen LogP contribution in [0.25, 0.3) is 10.2 Å². The van der Waals surface area contributed by atoms with E-state index >= 15 is 0 Å². The number of Topliss-reactive ketones (excluding diaryl/α,β-unsaturated/α-hetero) is 1. The van der Waals surface area contributed by atoms with Gasteiger partial charge in [0.25, 0.3) is 5.56 Å². The van der Waals surface area contributed by atoms with E-state index in [9.17, 15) is 9.59 Å². The lowest BCUT2D eigenvalue weighted by Gasteiger charge is -2.02. The van der Waals surface area contributed by atoms with Gasteiger partial charge in [-0.2, -0.15) is 0 Å². The molecule has 0 aliphatic carbocycles. The molecule has 0 unspecified atom stereocenters. The quantitative estimate of drug-likeness (QED) is 0.561. The number of aromatic amines is 1. The van der Waals surface area contributed by atoms with Gasteiger partial charge in [0.05, 0.1) is 16.0 Å². The lowest BCUT2D eigenvalue weighted by atomic mass is 10.2. The van der Waals surface area contributed by atoms with Crippen LogP contribution in [0.4, 0.5) is 0 Å². The summed E-state index contributed by atoms with van der Waals surface area (Å²) in [5.41, 5.74) is 0.500. The molecule has 1 N–H and O–H groups in total. The summed E-state index contributed by atoms with van der Waals surface area (Å²) in [4.78, 5) is 32.4. The number of hydrogen-bond donors (Lipinski definition) is 1. The summed E-state index contributed by atoms with van der Waals surface area (Å²) in [5, 5.41) is 9.20. The van der Waals surface area contributed by atoms with Gasteiger partial charge >= 0.3 is 0 Å². The molecule has 0 fully saturated rings. The summed E-state index contributed by atoms with van der Waals surface area (Å²) in [6, 6.07) is 0. The highest BCUT2D eigenvalue weighted by Gasteiger charge is 2.17. The van der Waals surface area contributed by atoms with Gasteiger partial charge < -0.3 is 9.55 Å². The van der Waals surface area contributed by atoms with Gasteiger partial charge in [0.15, 0.2) is 10.9 Å². The van der Waals surface area contributed by atoms with Crippen molar-refractivity contribution in [3.05, 3.63) is 32.9 Å². The Labute approximate surface area is 140 Å². The number of aromatic nitrogens is 5. The topological polar surface area (TPSA) is 93.5 Å². The van der Waals surface area contributed by atoms with Crippen molar-refractivity contribution in [2.75, 3.05) is 0 Å². The molecule has 3 aromatic rings. The van der Waals surface area contributed by atoms with Crippen LogP contribution in [-0.2, 0) is 12.3 Å². The fourth-order valence-electron chi connectivity index (χ4n) is 2.30. The smallest absolute Gasteiger partial charge is 0.259 e. The second-order valence-electron chi connectivity index (χ2n) is 4.99. The van der Waals surface area contributed by atoms with Crippen LogP contribution in [0.2, 0.25) is 0 Å². The van der Waals surface area contributed by atoms with Crippen molar-refractivity contribution < 1.29 is 4.79 Å². The number of nitrogens with zero attached hydrogens (tertiary/aromatic N) is 4. The summed E-state index contributed by atoms with van der Waals surface area (Å²) in [6.07, 6.45) is 1.67. The number of carbonyl (C=O) groups is 1. The van der Waals surface area contributed by atoms with E-state index < -0.39 is 0 Å². The van der Waals surface area contributed by atoms with E-state index in [1.807, 2.05) is 11.5 Å². The molecule has 9 heteroatoms. The third-order valence-electron chi connectivity index (χ3n) is 3.43. The monoisotopic (exact) mass is 349 g/mol. The summed E-state index contributed by atoms with van der Waals surface area (Å²) in [6.45, 7) is 6.08. The Morgan fingerprint density at radius 1 is 1.48 bits per heavy atom. The van der Waals surface area contributed by atoms with Gasteiger partial charge in [-0.3, -0.25) is 9.59 Å². The number of ketones is 1. The molecule has 0 aliphatic rings. The maximum absolute atomic E-state index is 12.3. The number of nitrogens with one attached hydrogen (secondary N) is 1. The van der Waals surface area contributed by atoms with Crippen molar-refractivity contribution in [3.8, 4) is 0 Å². The SMILES string of the molecule is CCn1cnnc1SCc1nc2sc(C(C)=O)c(C)c2c(=O)[nH]1. The maximum atomic E-state index is 12.3. The fraction of sp³-hybridized carbons (Fsp3) is 0.357. The third-order valence-corrected chi connectivity index (χ3v) is 5.71. The van der Waals surface area contributed by atoms with Gasteiger partial charge in [-0.1, -0.05) is 11.8 Å². The van der Waals surface area contributed by atoms with Crippen molar-refractivity contribution >= 4 is 39.1 Å². The predicted molar refractivity (Wildman–Crippen MR) is 90.2 cm³/mol. The first kappa shape index (κ1) is 15.9. The largest absolute Gasteiger partial charge is 0.309 e. The van der Waals surface area contributed by atoms with E-state index in [1.54, 1.807) is 13.3 Å². The minimum Gasteiger partial charge on any atom is -0.309 e. The lowest BCUT2D eigenvalue weighted by Crippen LogP contribution is -2.11. The Balaban J connectivity index is 1.94. The van der Waals surface area contributed by atoms with Crippen molar-refractivity contribution in [1.82, 2.24) is 24.7 Å². The normalized spacial score (nSPS) is 11.3. The van der Waals surface area contributed by atoms with Crippen LogP contribution >= 0.6 is 23.1 Å². The van der Waals surface area contributed by atoms with Crippen molar-refractivity contribution in [3.63, 3.8) is 0 Å². The number of rotatable bonds is 5. The molecule has 0 saturated heterocycles. The molecule has 23 heavy (non-hydrogen) atoms. The lowest BCUT2D eigenvalue weighted by molar-refractivity contribution is 0.102. The van der Waals surface area contributed by atoms with E-state index in [0.717, 1.165) is 11.7 Å². The molecule has 120 valence electrons. The van der Waals surface area contributed by atoms with Crippen LogP contribution in [0.1, 0.15) is 34.9 Å². The number of H-pyrrole nitrogens is 1. The molecule has 0 radical (unpaired) electrons. The van der Waals surface area contributed by atoms with E-state index in [4.69, 9.17) is 0 Å². The number of aryl methyl sites for hydroxylation is 2. The second-order valence-corrected chi connectivity index (χ2v) is 6.93. The molecule has 0 amide bonds. The number of thioether (sulfide) groups is 1. The average molecular weight is 349 g/mol. The second kappa shape index (κ2) is 6.25. The molecule has 0 spiro atoms. The summed E-state index contributed by atoms with van der Waals surface area (Å²) in [7, 11) is 0. The molecule has 7 nitrogen and oxygen atoms in total. The molecule has 0 bridgehead atoms. The Hall–Kier alpha value is -2.00. The first-order chi connectivity index (χ1) is 11.0. The minimum atomic E-state index is -0.205. The highest BCUT2D eigenvalue weighted by atomic mass is 32.2. The summed E-state index contributed by atoms with van der Waals surface area (Å²) < 4.78 is 1.92. The zero-order valence-corrected chi connectivity index (χ0v) is 14.5. The van der Waals surface area contributed by atoms with Gasteiger partial charge in [-0.25, -0.2) is 4.98 Å². The van der Waals surface area contributed by atoms with Crippen LogP contribution in [0, 0.1) is 6.92 Å². The maximum Gasteiger partial charge on any atom is 0.259 e. The zero-order chi connectivity index (χ0) is 16.6. The molecule has 0 saturated carbocycles. The fourth-order valence-corrected chi connectivity index (χ4v) is 4.24. The molecule has 0 atom stereocenters. The standard InChI is InChI=1S/C14H15N5O2S2/c1-4-19-6-15-18-14(19)22-5-9-16-12(21)10-7(2)11(8(3)20)23-13(10)17-9/h6H,4-5H2,1-3H3,(H,16,17,21). The molecule has 3 aromatic heterocycles. The highest BCUT2D eigenvalue weighted by molar-refractivity contribution is 7.98. The van der Waals surface area contributed by atoms with Gasteiger partial charge in [-0.15, -0.1) is 21.5 Å². The molecule has 3 heterocycles. The predicted octanol–water partition coefficient (Wildman–Crippen LogP) is 2.40. The molecule has 0 aromatic carbocycles. The minimum absolute atomic E-state index is 0.0446. The highest BCUT2D eigenvalue weighted by Crippen LogP contribution is 2.28. The van der Waals surface area contributed by atoms with E-state index in [0.29, 0.717) is 32.2 Å². The Morgan fingerprint density at radius 2 is 2.26 bits per heavy atom. The van der Waals surface area contributed by atoms with E-state index in [1.165, 1.54) is 30.0 Å². The number of carbonyl (C=O) groups excluding carboxylic acids is 1. The number of fused-ring (bicyclic) bond motifs is 1. The van der Waals surface area contributed by atoms with Crippen LogP contribution in [0.5, 0.6) is 0 Å². The number of hydrogen-bond acceptors (Lipinski definition) is 7. The van der Waals surface area contributed by atoms with Gasteiger partial charge in [0.2, 0.25) is 0 Å². The molecular weight excluding hydrogens is 334 g/mol. The zero-order valence-electron chi connectivity index (χ0n) is 12.9. The van der Waals surface area contributed by atoms with E-state index in [2.05, 4.69) is 20.2 Å². The summed E-state index contributed by atoms with van der Waals surface area (Å²) >= 11 is 2.73. The van der Waals surface area contributed by atoms with Crippen molar-refractivity contribution in [1.29, 1.82) is 0 Å². The van der Waals surface area contributed by atoms with Crippen molar-refractivity contribution in [2.45, 2.75) is 38.2 Å². The first-order valence-corrected chi connectivity index (χ1v) is 8.85. The third kappa shape index (κ3) is 2.93. The van der Waals surface area contributed by atoms with Gasteiger partial charge in [0.1, 0.15) is 17.0 Å². The van der Waals surface area contributed by atoms with Crippen LogP contribution in [0.3, 0.4) is 0 Å². The Bertz CT molecular complexity index is 940. The molecule has 3 rings (SSSR count). The molecule has 0 aliphatic heterocycles. The average Bonchev–Trinajstić information content (AvgIpc) is 3.09. The van der Waals surface area contributed by atoms with Gasteiger partial charge in [-0.05, 0) is 26.3 Å². The van der Waals surface area contributed by atoms with E-state index in [-0.39, 0.29) is 11.3 Å².